The molecule has 0 radical (unpaired) electrons. The zero-order valence-electron chi connectivity index (χ0n) is 9.22. The molecule has 0 fully saturated rings. The highest BCUT2D eigenvalue weighted by atomic mass is 79.9. The molecule has 18 heavy (non-hydrogen) atoms. The first-order valence-corrected chi connectivity index (χ1v) is 7.03. The lowest BCUT2D eigenvalue weighted by atomic mass is 10.1. The van der Waals surface area contributed by atoms with Gasteiger partial charge in [-0.1, -0.05) is 12.1 Å². The molecule has 5 heteroatoms. The summed E-state index contributed by atoms with van der Waals surface area (Å²) in [5.41, 5.74) is 1.20. The Morgan fingerprint density at radius 1 is 1.17 bits per heavy atom. The van der Waals surface area contributed by atoms with Gasteiger partial charge >= 0.3 is 0 Å². The van der Waals surface area contributed by atoms with Crippen molar-refractivity contribution >= 4 is 44.6 Å². The van der Waals surface area contributed by atoms with Crippen LogP contribution in [-0.2, 0) is 11.3 Å². The Hall–Kier alpha value is -1.46. The summed E-state index contributed by atoms with van der Waals surface area (Å²) in [5, 5.41) is 1.95. The molecule has 3 rings (SSSR count). The van der Waals surface area contributed by atoms with E-state index in [-0.39, 0.29) is 0 Å². The number of rotatable bonds is 2. The van der Waals surface area contributed by atoms with Crippen molar-refractivity contribution < 1.29 is 9.59 Å². The van der Waals surface area contributed by atoms with Gasteiger partial charge in [-0.3, -0.25) is 14.5 Å². The van der Waals surface area contributed by atoms with Gasteiger partial charge in [0.15, 0.2) is 0 Å². The summed E-state index contributed by atoms with van der Waals surface area (Å²) >= 11 is 5.00. The fraction of sp³-hybridized carbons (Fsp3) is 0.0769. The Morgan fingerprint density at radius 2 is 1.94 bits per heavy atom. The predicted octanol–water partition coefficient (Wildman–Crippen LogP) is 3.24. The minimum Gasteiger partial charge on any atom is -0.299 e. The van der Waals surface area contributed by atoms with Crippen molar-refractivity contribution in [3.63, 3.8) is 0 Å². The molecule has 0 unspecified atom stereocenters. The summed E-state index contributed by atoms with van der Waals surface area (Å²) in [6.07, 6.45) is 0. The first-order valence-electron chi connectivity index (χ1n) is 5.35. The van der Waals surface area contributed by atoms with Crippen molar-refractivity contribution in [2.75, 3.05) is 4.90 Å². The van der Waals surface area contributed by atoms with Gasteiger partial charge in [-0.05, 0) is 39.5 Å². The van der Waals surface area contributed by atoms with Gasteiger partial charge in [-0.2, -0.15) is 0 Å². The number of ketones is 1. The molecule has 2 aromatic rings. The number of nitrogens with zero attached hydrogens (tertiary/aromatic N) is 1. The standard InChI is InChI=1S/C13H8BrNO2S/c14-9-5-6-18-11(9)7-15-10-4-2-1-3-8(10)12(16)13(15)17/h1-6H,7H2. The van der Waals surface area contributed by atoms with Crippen LogP contribution in [0.2, 0.25) is 0 Å². The van der Waals surface area contributed by atoms with E-state index >= 15 is 0 Å². The minimum absolute atomic E-state index is 0.418. The van der Waals surface area contributed by atoms with Crippen LogP contribution in [0.15, 0.2) is 40.2 Å². The van der Waals surface area contributed by atoms with Gasteiger partial charge in [0, 0.05) is 9.35 Å². The van der Waals surface area contributed by atoms with Gasteiger partial charge in [-0.25, -0.2) is 0 Å². The lowest BCUT2D eigenvalue weighted by Gasteiger charge is -2.15. The third-order valence-corrected chi connectivity index (χ3v) is 4.78. The van der Waals surface area contributed by atoms with Crippen LogP contribution >= 0.6 is 27.3 Å². The van der Waals surface area contributed by atoms with Crippen molar-refractivity contribution in [2.45, 2.75) is 6.54 Å². The van der Waals surface area contributed by atoms with Crippen LogP contribution in [0.3, 0.4) is 0 Å². The largest absolute Gasteiger partial charge is 0.299 e. The molecule has 0 saturated carbocycles. The Bertz CT molecular complexity index is 650. The van der Waals surface area contributed by atoms with Gasteiger partial charge in [0.1, 0.15) is 0 Å². The summed E-state index contributed by atoms with van der Waals surface area (Å²) < 4.78 is 0.970. The highest BCUT2D eigenvalue weighted by Gasteiger charge is 2.35. The van der Waals surface area contributed by atoms with E-state index in [1.807, 2.05) is 17.5 Å². The van der Waals surface area contributed by atoms with Crippen LogP contribution in [0, 0.1) is 0 Å². The summed E-state index contributed by atoms with van der Waals surface area (Å²) in [6.45, 7) is 0.430. The van der Waals surface area contributed by atoms with Crippen LogP contribution in [-0.4, -0.2) is 11.7 Å². The van der Waals surface area contributed by atoms with Crippen LogP contribution in [0.5, 0.6) is 0 Å². The van der Waals surface area contributed by atoms with Gasteiger partial charge in [0.25, 0.3) is 11.7 Å². The number of Topliss-reactive ketones (excluding diaryl/α,β-unsaturated/α-hetero) is 1. The molecule has 3 nitrogen and oxygen atoms in total. The zero-order chi connectivity index (χ0) is 12.7. The molecular formula is C13H8BrNO2S. The Labute approximate surface area is 116 Å². The lowest BCUT2D eigenvalue weighted by molar-refractivity contribution is -0.114. The second kappa shape index (κ2) is 4.33. The van der Waals surface area contributed by atoms with Gasteiger partial charge in [0.2, 0.25) is 0 Å². The van der Waals surface area contributed by atoms with Crippen molar-refractivity contribution in [3.05, 3.63) is 50.6 Å². The summed E-state index contributed by atoms with van der Waals surface area (Å²) in [7, 11) is 0. The second-order valence-corrected chi connectivity index (χ2v) is 5.78. The first-order chi connectivity index (χ1) is 8.68. The van der Waals surface area contributed by atoms with E-state index in [1.54, 1.807) is 29.5 Å². The second-order valence-electron chi connectivity index (χ2n) is 3.93. The monoisotopic (exact) mass is 321 g/mol. The maximum atomic E-state index is 12.0. The van der Waals surface area contributed by atoms with Gasteiger partial charge < -0.3 is 0 Å². The molecule has 1 amide bonds. The molecule has 0 saturated heterocycles. The predicted molar refractivity (Wildman–Crippen MR) is 74.0 cm³/mol. The molecular weight excluding hydrogens is 314 g/mol. The fourth-order valence-electron chi connectivity index (χ4n) is 1.99. The van der Waals surface area contributed by atoms with Crippen molar-refractivity contribution in [1.29, 1.82) is 0 Å². The first kappa shape index (κ1) is 11.6. The average molecular weight is 322 g/mol. The van der Waals surface area contributed by atoms with Gasteiger partial charge in [-0.15, -0.1) is 11.3 Å². The number of hydrogen-bond acceptors (Lipinski definition) is 3. The Balaban J connectivity index is 2.01. The number of amides is 1. The van der Waals surface area contributed by atoms with E-state index in [0.29, 0.717) is 17.8 Å². The number of halogens is 1. The fourth-order valence-corrected chi connectivity index (χ4v) is 3.45. The number of benzene rings is 1. The Kier molecular flexibility index (Phi) is 2.80. The highest BCUT2D eigenvalue weighted by molar-refractivity contribution is 9.10. The smallest absolute Gasteiger partial charge is 0.299 e. The summed E-state index contributed by atoms with van der Waals surface area (Å²) in [4.78, 5) is 26.4. The van der Waals surface area contributed by atoms with Crippen LogP contribution < -0.4 is 4.90 Å². The molecule has 1 aromatic carbocycles. The van der Waals surface area contributed by atoms with Crippen molar-refractivity contribution in [3.8, 4) is 0 Å². The maximum absolute atomic E-state index is 12.0. The quantitative estimate of drug-likeness (QED) is 0.796. The van der Waals surface area contributed by atoms with Crippen molar-refractivity contribution in [2.24, 2.45) is 0 Å². The van der Waals surface area contributed by atoms with E-state index in [1.165, 1.54) is 4.90 Å². The number of anilines is 1. The number of hydrogen-bond donors (Lipinski definition) is 0. The SMILES string of the molecule is O=C1C(=O)N(Cc2sccc2Br)c2ccccc21. The third-order valence-electron chi connectivity index (χ3n) is 2.87. The molecule has 0 aliphatic carbocycles. The van der Waals surface area contributed by atoms with E-state index in [9.17, 15) is 9.59 Å². The van der Waals surface area contributed by atoms with Crippen LogP contribution in [0.25, 0.3) is 0 Å². The molecule has 90 valence electrons. The molecule has 0 N–H and O–H groups in total. The highest BCUT2D eigenvalue weighted by Crippen LogP contribution is 2.32. The molecule has 0 bridgehead atoms. The number of fused-ring (bicyclic) bond motifs is 1. The number of thiophene rings is 1. The normalized spacial score (nSPS) is 14.2. The molecule has 1 aliphatic heterocycles. The number of para-hydroxylation sites is 1. The van der Waals surface area contributed by atoms with E-state index in [0.717, 1.165) is 9.35 Å². The average Bonchev–Trinajstić information content (AvgIpc) is 2.88. The summed E-state index contributed by atoms with van der Waals surface area (Å²) in [6, 6.07) is 9.04. The van der Waals surface area contributed by atoms with E-state index < -0.39 is 11.7 Å². The molecule has 1 aliphatic rings. The number of carbonyl (C=O) groups is 2. The zero-order valence-corrected chi connectivity index (χ0v) is 11.6. The minimum atomic E-state index is -0.448. The number of carbonyl (C=O) groups excluding carboxylic acids is 2. The third kappa shape index (κ3) is 1.71. The molecule has 0 atom stereocenters. The van der Waals surface area contributed by atoms with Crippen LogP contribution in [0.1, 0.15) is 15.2 Å². The Morgan fingerprint density at radius 3 is 2.67 bits per heavy atom. The lowest BCUT2D eigenvalue weighted by Crippen LogP contribution is -2.28. The maximum Gasteiger partial charge on any atom is 0.299 e. The topological polar surface area (TPSA) is 37.4 Å². The van der Waals surface area contributed by atoms with Crippen LogP contribution in [0.4, 0.5) is 5.69 Å². The van der Waals surface area contributed by atoms with E-state index in [4.69, 9.17) is 0 Å². The van der Waals surface area contributed by atoms with Crippen molar-refractivity contribution in [1.82, 2.24) is 0 Å². The van der Waals surface area contributed by atoms with E-state index in [2.05, 4.69) is 15.9 Å². The summed E-state index contributed by atoms with van der Waals surface area (Å²) in [5.74, 6) is -0.866. The molecule has 2 heterocycles. The molecule has 1 aromatic heterocycles. The van der Waals surface area contributed by atoms with Gasteiger partial charge in [0.05, 0.1) is 17.8 Å². The molecule has 0 spiro atoms.